The van der Waals surface area contributed by atoms with Gasteiger partial charge in [-0.25, -0.2) is 9.97 Å². The molecule has 0 amide bonds. The van der Waals surface area contributed by atoms with Crippen LogP contribution in [0.3, 0.4) is 0 Å². The molecule has 3 rings (SSSR count). The summed E-state index contributed by atoms with van der Waals surface area (Å²) in [4.78, 5) is 15.7. The van der Waals surface area contributed by atoms with E-state index in [1.807, 2.05) is 36.4 Å². The van der Waals surface area contributed by atoms with Crippen molar-refractivity contribution in [2.75, 3.05) is 0 Å². The Morgan fingerprint density at radius 1 is 0.556 bits per heavy atom. The zero-order valence-electron chi connectivity index (χ0n) is 9.72. The summed E-state index contributed by atoms with van der Waals surface area (Å²) in [6.07, 6.45) is 8.41. The highest BCUT2D eigenvalue weighted by Crippen LogP contribution is 2.10. The molecule has 18 heavy (non-hydrogen) atoms. The second kappa shape index (κ2) is 6.85. The van der Waals surface area contributed by atoms with Gasteiger partial charge in [0.25, 0.3) is 0 Å². The molecule has 3 aromatic rings. The zero-order chi connectivity index (χ0) is 12.5. The molecule has 0 saturated carbocycles. The van der Waals surface area contributed by atoms with Crippen molar-refractivity contribution in [3.63, 3.8) is 0 Å². The smallest absolute Gasteiger partial charge is 0.115 e. The Labute approximate surface area is 105 Å². The lowest BCUT2D eigenvalue weighted by molar-refractivity contribution is 1.17. The fraction of sp³-hybridized carbons (Fsp3) is 0. The molecule has 0 aliphatic heterocycles. The monoisotopic (exact) mass is 236 g/mol. The fourth-order valence-electron chi connectivity index (χ4n) is 1.28. The Morgan fingerprint density at radius 2 is 1.11 bits per heavy atom. The van der Waals surface area contributed by atoms with Crippen LogP contribution in [-0.4, -0.2) is 19.9 Å². The van der Waals surface area contributed by atoms with E-state index in [1.165, 1.54) is 6.33 Å². The Bertz CT molecular complexity index is 476. The third-order valence-electron chi connectivity index (χ3n) is 2.07. The summed E-state index contributed by atoms with van der Waals surface area (Å²) in [7, 11) is 0. The molecule has 3 aromatic heterocycles. The maximum Gasteiger partial charge on any atom is 0.115 e. The quantitative estimate of drug-likeness (QED) is 0.651. The van der Waals surface area contributed by atoms with Gasteiger partial charge in [0.2, 0.25) is 0 Å². The number of pyridine rings is 2. The molecule has 4 heteroatoms. The van der Waals surface area contributed by atoms with E-state index < -0.39 is 0 Å². The predicted molar refractivity (Wildman–Crippen MR) is 69.5 cm³/mol. The minimum Gasteiger partial charge on any atom is -0.255 e. The SMILES string of the molecule is c1ccc(-c2ccccn2)nc1.c1cncnc1. The number of rotatable bonds is 1. The van der Waals surface area contributed by atoms with E-state index in [0.717, 1.165) is 11.4 Å². The van der Waals surface area contributed by atoms with Gasteiger partial charge in [0.05, 0.1) is 11.4 Å². The Morgan fingerprint density at radius 3 is 1.39 bits per heavy atom. The first kappa shape index (κ1) is 11.9. The topological polar surface area (TPSA) is 51.6 Å². The van der Waals surface area contributed by atoms with Gasteiger partial charge in [0, 0.05) is 24.8 Å². The van der Waals surface area contributed by atoms with Crippen LogP contribution >= 0.6 is 0 Å². The van der Waals surface area contributed by atoms with E-state index in [2.05, 4.69) is 19.9 Å². The molecule has 88 valence electrons. The van der Waals surface area contributed by atoms with Crippen molar-refractivity contribution < 1.29 is 0 Å². The van der Waals surface area contributed by atoms with Crippen LogP contribution < -0.4 is 0 Å². The molecule has 0 aliphatic rings. The molecule has 0 saturated heterocycles. The van der Waals surface area contributed by atoms with Crippen molar-refractivity contribution in [2.45, 2.75) is 0 Å². The first-order valence-electron chi connectivity index (χ1n) is 5.49. The van der Waals surface area contributed by atoms with E-state index in [9.17, 15) is 0 Å². The van der Waals surface area contributed by atoms with Crippen LogP contribution in [0.2, 0.25) is 0 Å². The van der Waals surface area contributed by atoms with Crippen LogP contribution in [0, 0.1) is 0 Å². The molecule has 0 radical (unpaired) electrons. The lowest BCUT2D eigenvalue weighted by atomic mass is 10.2. The molecule has 0 atom stereocenters. The van der Waals surface area contributed by atoms with E-state index in [0.29, 0.717) is 0 Å². The van der Waals surface area contributed by atoms with Crippen molar-refractivity contribution in [3.05, 3.63) is 73.6 Å². The fourth-order valence-corrected chi connectivity index (χ4v) is 1.28. The number of nitrogens with zero attached hydrogens (tertiary/aromatic N) is 4. The summed E-state index contributed by atoms with van der Waals surface area (Å²) in [5.74, 6) is 0. The van der Waals surface area contributed by atoms with E-state index in [-0.39, 0.29) is 0 Å². The number of aromatic nitrogens is 4. The average Bonchev–Trinajstić information content (AvgIpc) is 2.51. The van der Waals surface area contributed by atoms with Crippen LogP contribution in [0.15, 0.2) is 73.6 Å². The minimum absolute atomic E-state index is 0.915. The van der Waals surface area contributed by atoms with Crippen LogP contribution in [0.25, 0.3) is 11.4 Å². The normalized spacial score (nSPS) is 9.11. The van der Waals surface area contributed by atoms with Gasteiger partial charge in [0.1, 0.15) is 6.33 Å². The summed E-state index contributed by atoms with van der Waals surface area (Å²) in [6, 6.07) is 13.4. The molecule has 0 aromatic carbocycles. The summed E-state index contributed by atoms with van der Waals surface area (Å²) in [5, 5.41) is 0. The molecule has 4 nitrogen and oxygen atoms in total. The van der Waals surface area contributed by atoms with Crippen LogP contribution in [0.5, 0.6) is 0 Å². The van der Waals surface area contributed by atoms with Gasteiger partial charge in [-0.3, -0.25) is 9.97 Å². The van der Waals surface area contributed by atoms with Crippen LogP contribution in [0.4, 0.5) is 0 Å². The van der Waals surface area contributed by atoms with Gasteiger partial charge in [-0.1, -0.05) is 12.1 Å². The van der Waals surface area contributed by atoms with E-state index >= 15 is 0 Å². The summed E-state index contributed by atoms with van der Waals surface area (Å²) in [5.41, 5.74) is 1.83. The van der Waals surface area contributed by atoms with Crippen LogP contribution in [-0.2, 0) is 0 Å². The second-order valence-electron chi connectivity index (χ2n) is 3.33. The third kappa shape index (κ3) is 3.75. The Balaban J connectivity index is 0.000000169. The standard InChI is InChI=1S/C10H8N2.C4H4N2/c1-3-7-11-9(5-1)10-6-2-4-8-12-10;1-2-5-4-6-3-1/h1-8H;1-4H. The lowest BCUT2D eigenvalue weighted by Gasteiger charge is -1.96. The van der Waals surface area contributed by atoms with Crippen molar-refractivity contribution in [2.24, 2.45) is 0 Å². The van der Waals surface area contributed by atoms with Crippen LogP contribution in [0.1, 0.15) is 0 Å². The highest BCUT2D eigenvalue weighted by Gasteiger charge is 1.95. The van der Waals surface area contributed by atoms with Crippen molar-refractivity contribution in [1.82, 2.24) is 19.9 Å². The highest BCUT2D eigenvalue weighted by atomic mass is 14.8. The Hall–Kier alpha value is -2.62. The van der Waals surface area contributed by atoms with Gasteiger partial charge in [-0.2, -0.15) is 0 Å². The number of hydrogen-bond acceptors (Lipinski definition) is 4. The summed E-state index contributed by atoms with van der Waals surface area (Å²) in [6.45, 7) is 0. The van der Waals surface area contributed by atoms with Gasteiger partial charge in [0.15, 0.2) is 0 Å². The van der Waals surface area contributed by atoms with E-state index in [4.69, 9.17) is 0 Å². The first-order chi connectivity index (χ1) is 8.97. The zero-order valence-corrected chi connectivity index (χ0v) is 9.72. The molecule has 0 unspecified atom stereocenters. The molecule has 0 fully saturated rings. The molecule has 0 bridgehead atoms. The minimum atomic E-state index is 0.915. The molecule has 3 heterocycles. The van der Waals surface area contributed by atoms with Crippen molar-refractivity contribution in [1.29, 1.82) is 0 Å². The van der Waals surface area contributed by atoms with Crippen molar-refractivity contribution >= 4 is 0 Å². The predicted octanol–water partition coefficient (Wildman–Crippen LogP) is 2.62. The maximum atomic E-state index is 4.19. The van der Waals surface area contributed by atoms with Gasteiger partial charge in [-0.15, -0.1) is 0 Å². The number of hydrogen-bond donors (Lipinski definition) is 0. The molecule has 0 N–H and O–H groups in total. The molecular formula is C14H12N4. The van der Waals surface area contributed by atoms with Gasteiger partial charge < -0.3 is 0 Å². The molecule has 0 aliphatic carbocycles. The summed E-state index contributed by atoms with van der Waals surface area (Å²) < 4.78 is 0. The first-order valence-corrected chi connectivity index (χ1v) is 5.49. The average molecular weight is 236 g/mol. The van der Waals surface area contributed by atoms with Crippen molar-refractivity contribution in [3.8, 4) is 11.4 Å². The van der Waals surface area contributed by atoms with E-state index in [1.54, 1.807) is 30.9 Å². The lowest BCUT2D eigenvalue weighted by Crippen LogP contribution is -1.83. The third-order valence-corrected chi connectivity index (χ3v) is 2.07. The van der Waals surface area contributed by atoms with Gasteiger partial charge >= 0.3 is 0 Å². The second-order valence-corrected chi connectivity index (χ2v) is 3.33. The largest absolute Gasteiger partial charge is 0.255 e. The molecule has 0 spiro atoms. The Kier molecular flexibility index (Phi) is 4.51. The highest BCUT2D eigenvalue weighted by molar-refractivity contribution is 5.52. The maximum absolute atomic E-state index is 4.19. The summed E-state index contributed by atoms with van der Waals surface area (Å²) >= 11 is 0. The molecular weight excluding hydrogens is 224 g/mol. The van der Waals surface area contributed by atoms with Gasteiger partial charge in [-0.05, 0) is 30.3 Å².